The number of aliphatic hydroxyl groups excluding tert-OH is 2. The molecule has 2 aromatic carbocycles. The predicted molar refractivity (Wildman–Crippen MR) is 114 cm³/mol. The number of para-hydroxylation sites is 4. The third-order valence-corrected chi connectivity index (χ3v) is 7.27. The van der Waals surface area contributed by atoms with Crippen molar-refractivity contribution in [3.05, 3.63) is 60.6 Å². The molecule has 29 heavy (non-hydrogen) atoms. The molecule has 4 N–H and O–H groups in total. The van der Waals surface area contributed by atoms with Gasteiger partial charge in [0.25, 0.3) is 0 Å². The molecule has 7 nitrogen and oxygen atoms in total. The lowest BCUT2D eigenvalue weighted by molar-refractivity contribution is 0.0137. The van der Waals surface area contributed by atoms with Gasteiger partial charge in [0, 0.05) is 5.75 Å². The monoisotopic (exact) mass is 426 g/mol. The molecule has 3 heterocycles. The molecule has 0 radical (unpaired) electrons. The molecule has 148 valence electrons. The lowest BCUT2D eigenvalue weighted by Gasteiger charge is -2.31. The third-order valence-electron chi connectivity index (χ3n) is 4.85. The first-order chi connectivity index (χ1) is 14.2. The fraction of sp³-hybridized carbons (Fsp3) is 0.200. The Bertz CT molecular complexity index is 1140. The second kappa shape index (κ2) is 7.33. The Labute approximate surface area is 174 Å². The Balaban J connectivity index is 1.38. The van der Waals surface area contributed by atoms with Crippen molar-refractivity contribution in [3.63, 3.8) is 0 Å². The molecule has 0 bridgehead atoms. The predicted octanol–water partition coefficient (Wildman–Crippen LogP) is 3.85. The third kappa shape index (κ3) is 3.35. The van der Waals surface area contributed by atoms with Crippen LogP contribution in [0.5, 0.6) is 0 Å². The Morgan fingerprint density at radius 2 is 1.59 bits per heavy atom. The average molecular weight is 427 g/mol. The zero-order valence-electron chi connectivity index (χ0n) is 15.2. The highest BCUT2D eigenvalue weighted by Crippen LogP contribution is 2.42. The van der Waals surface area contributed by atoms with Gasteiger partial charge in [-0.1, -0.05) is 47.8 Å². The fourth-order valence-corrected chi connectivity index (χ4v) is 5.60. The second-order valence-corrected chi connectivity index (χ2v) is 8.85. The highest BCUT2D eigenvalue weighted by molar-refractivity contribution is 8.00. The van der Waals surface area contributed by atoms with Gasteiger partial charge in [0.15, 0.2) is 15.9 Å². The summed E-state index contributed by atoms with van der Waals surface area (Å²) in [7, 11) is 0. The van der Waals surface area contributed by atoms with Gasteiger partial charge in [-0.05, 0) is 24.3 Å². The molecule has 9 heteroatoms. The number of aliphatic hydroxyl groups is 2. The van der Waals surface area contributed by atoms with E-state index in [9.17, 15) is 10.2 Å². The minimum atomic E-state index is -0.989. The van der Waals surface area contributed by atoms with E-state index in [2.05, 4.69) is 19.9 Å². The summed E-state index contributed by atoms with van der Waals surface area (Å²) in [5, 5.41) is 21.5. The quantitative estimate of drug-likeness (QED) is 0.347. The van der Waals surface area contributed by atoms with Crippen LogP contribution in [0.15, 0.2) is 70.9 Å². The first-order valence-electron chi connectivity index (χ1n) is 9.03. The molecule has 0 amide bonds. The van der Waals surface area contributed by atoms with Crippen LogP contribution in [0.3, 0.4) is 0 Å². The number of rotatable bonds is 6. The molecule has 2 unspecified atom stereocenters. The normalized spacial score (nSPS) is 21.6. The first kappa shape index (κ1) is 18.4. The topological polar surface area (TPSA) is 107 Å². The van der Waals surface area contributed by atoms with E-state index >= 15 is 0 Å². The van der Waals surface area contributed by atoms with Crippen molar-refractivity contribution in [3.8, 4) is 0 Å². The van der Waals surface area contributed by atoms with E-state index < -0.39 is 10.9 Å². The molecule has 1 aliphatic heterocycles. The van der Waals surface area contributed by atoms with Crippen molar-refractivity contribution >= 4 is 45.6 Å². The lowest BCUT2D eigenvalue weighted by Crippen LogP contribution is -2.45. The molecular formula is C20H18N4O3S2. The van der Waals surface area contributed by atoms with Gasteiger partial charge in [-0.3, -0.25) is 0 Å². The smallest absolute Gasteiger partial charge is 0.167 e. The van der Waals surface area contributed by atoms with Gasteiger partial charge in [-0.15, -0.1) is 0 Å². The molecule has 2 aromatic heterocycles. The summed E-state index contributed by atoms with van der Waals surface area (Å²) in [4.78, 5) is 15.6. The standard InChI is InChI=1S/C20H18N4O3S2/c25-10-20(11-28-18-21-12-5-1-2-6-13(12)22-18)17(16(26)9-27-20)29-19-23-14-7-3-4-8-15(14)24-19/h1-9,17,25-26H,10-11H2,(H,21,22)(H,23,24). The number of hydrogen-bond donors (Lipinski definition) is 4. The first-order valence-corrected chi connectivity index (χ1v) is 10.9. The van der Waals surface area contributed by atoms with Crippen molar-refractivity contribution < 1.29 is 14.9 Å². The summed E-state index contributed by atoms with van der Waals surface area (Å²) in [6.45, 7) is -0.251. The minimum Gasteiger partial charge on any atom is -0.508 e. The molecule has 0 spiro atoms. The molecule has 0 aliphatic carbocycles. The Morgan fingerprint density at radius 1 is 0.966 bits per heavy atom. The van der Waals surface area contributed by atoms with Crippen LogP contribution >= 0.6 is 23.5 Å². The lowest BCUT2D eigenvalue weighted by atomic mass is 10.0. The number of fused-ring (bicyclic) bond motifs is 2. The van der Waals surface area contributed by atoms with Crippen LogP contribution in [0.4, 0.5) is 0 Å². The summed E-state index contributed by atoms with van der Waals surface area (Å²) in [5.74, 6) is 0.483. The van der Waals surface area contributed by atoms with E-state index in [4.69, 9.17) is 4.74 Å². The summed E-state index contributed by atoms with van der Waals surface area (Å²) in [6, 6.07) is 15.5. The van der Waals surface area contributed by atoms with Crippen molar-refractivity contribution in [2.24, 2.45) is 0 Å². The summed E-state index contributed by atoms with van der Waals surface area (Å²) in [5.41, 5.74) is 2.62. The van der Waals surface area contributed by atoms with E-state index in [0.29, 0.717) is 10.9 Å². The number of thioether (sulfide) groups is 2. The highest BCUT2D eigenvalue weighted by Gasteiger charge is 2.48. The maximum atomic E-state index is 10.4. The van der Waals surface area contributed by atoms with Gasteiger partial charge in [-0.25, -0.2) is 9.97 Å². The van der Waals surface area contributed by atoms with Crippen LogP contribution in [-0.2, 0) is 4.74 Å². The highest BCUT2D eigenvalue weighted by atomic mass is 32.2. The maximum Gasteiger partial charge on any atom is 0.167 e. The van der Waals surface area contributed by atoms with E-state index in [-0.39, 0.29) is 12.4 Å². The van der Waals surface area contributed by atoms with Gasteiger partial charge in [0.1, 0.15) is 17.3 Å². The van der Waals surface area contributed by atoms with Crippen LogP contribution in [0.2, 0.25) is 0 Å². The van der Waals surface area contributed by atoms with Gasteiger partial charge in [-0.2, -0.15) is 0 Å². The van der Waals surface area contributed by atoms with Crippen LogP contribution in [-0.4, -0.2) is 53.4 Å². The zero-order valence-corrected chi connectivity index (χ0v) is 16.8. The van der Waals surface area contributed by atoms with Crippen LogP contribution in [0, 0.1) is 0 Å². The number of ether oxygens (including phenoxy) is 1. The number of imidazole rings is 2. The number of benzene rings is 2. The maximum absolute atomic E-state index is 10.4. The molecule has 1 aliphatic rings. The molecule has 4 aromatic rings. The Kier molecular flexibility index (Phi) is 4.65. The number of aromatic nitrogens is 4. The van der Waals surface area contributed by atoms with Crippen molar-refractivity contribution in [2.45, 2.75) is 21.2 Å². The van der Waals surface area contributed by atoms with E-state index in [1.54, 1.807) is 0 Å². The molecule has 0 saturated heterocycles. The molecular weight excluding hydrogens is 408 g/mol. The number of nitrogens with one attached hydrogen (secondary N) is 2. The van der Waals surface area contributed by atoms with Gasteiger partial charge in [0.05, 0.1) is 28.7 Å². The average Bonchev–Trinajstić information content (AvgIpc) is 3.43. The van der Waals surface area contributed by atoms with E-state index in [0.717, 1.165) is 27.2 Å². The van der Waals surface area contributed by atoms with E-state index in [1.165, 1.54) is 29.8 Å². The Hall–Kier alpha value is -2.62. The summed E-state index contributed by atoms with van der Waals surface area (Å²) >= 11 is 2.79. The molecule has 2 atom stereocenters. The second-order valence-electron chi connectivity index (χ2n) is 6.79. The number of hydrogen-bond acceptors (Lipinski definition) is 7. The minimum absolute atomic E-state index is 0.0784. The van der Waals surface area contributed by atoms with Crippen molar-refractivity contribution in [1.82, 2.24) is 19.9 Å². The van der Waals surface area contributed by atoms with Crippen LogP contribution in [0.25, 0.3) is 22.1 Å². The zero-order chi connectivity index (χ0) is 19.8. The van der Waals surface area contributed by atoms with E-state index in [1.807, 2.05) is 48.5 Å². The molecule has 5 rings (SSSR count). The van der Waals surface area contributed by atoms with Gasteiger partial charge in [0.2, 0.25) is 0 Å². The Morgan fingerprint density at radius 3 is 2.24 bits per heavy atom. The van der Waals surface area contributed by atoms with Gasteiger partial charge >= 0.3 is 0 Å². The summed E-state index contributed by atoms with van der Waals surface area (Å²) in [6.07, 6.45) is 1.32. The fourth-order valence-electron chi connectivity index (χ4n) is 3.30. The van der Waals surface area contributed by atoms with Crippen LogP contribution < -0.4 is 0 Å². The van der Waals surface area contributed by atoms with Crippen molar-refractivity contribution in [1.29, 1.82) is 0 Å². The molecule has 0 saturated carbocycles. The summed E-state index contributed by atoms with van der Waals surface area (Å²) < 4.78 is 5.77. The largest absolute Gasteiger partial charge is 0.508 e. The number of nitrogens with zero attached hydrogens (tertiary/aromatic N) is 2. The van der Waals surface area contributed by atoms with Crippen LogP contribution in [0.1, 0.15) is 0 Å². The van der Waals surface area contributed by atoms with Gasteiger partial charge < -0.3 is 24.9 Å². The SMILES string of the molecule is OCC1(CSc2nc3ccccc3[nH]2)OC=C(O)C1Sc1nc2ccccc2[nH]1. The molecule has 0 fully saturated rings. The number of aromatic amines is 2. The van der Waals surface area contributed by atoms with Crippen molar-refractivity contribution in [2.75, 3.05) is 12.4 Å². The number of H-pyrrole nitrogens is 2.